The van der Waals surface area contributed by atoms with Crippen LogP contribution in [0.1, 0.15) is 36.2 Å². The second-order valence-corrected chi connectivity index (χ2v) is 8.82. The first kappa shape index (κ1) is 21.0. The zero-order valence-electron chi connectivity index (χ0n) is 15.9. The Morgan fingerprint density at radius 2 is 1.76 bits per heavy atom. The number of aromatic nitrogens is 1. The molecule has 0 spiro atoms. The molecular formula is C22H20ClN3O2S. The van der Waals surface area contributed by atoms with Crippen LogP contribution in [0.2, 0.25) is 5.02 Å². The molecule has 1 heterocycles. The Morgan fingerprint density at radius 1 is 1.07 bits per heavy atom. The Hall–Kier alpha value is -2.72. The van der Waals surface area contributed by atoms with Gasteiger partial charge >= 0.3 is 0 Å². The van der Waals surface area contributed by atoms with Crippen molar-refractivity contribution in [1.82, 2.24) is 9.29 Å². The lowest BCUT2D eigenvalue weighted by Crippen LogP contribution is -2.34. The first-order valence-corrected chi connectivity index (χ1v) is 10.9. The summed E-state index contributed by atoms with van der Waals surface area (Å²) in [6.07, 6.45) is 2.04. The van der Waals surface area contributed by atoms with Crippen LogP contribution in [0.25, 0.3) is 0 Å². The second-order valence-electron chi connectivity index (χ2n) is 6.49. The Labute approximate surface area is 176 Å². The average molecular weight is 426 g/mol. The van der Waals surface area contributed by atoms with Gasteiger partial charge in [-0.05, 0) is 48.4 Å². The lowest BCUT2D eigenvalue weighted by molar-refractivity contribution is 0.307. The van der Waals surface area contributed by atoms with Gasteiger partial charge in [-0.1, -0.05) is 48.9 Å². The van der Waals surface area contributed by atoms with E-state index < -0.39 is 10.0 Å². The number of nitrogens with zero attached hydrogens (tertiary/aromatic N) is 3. The quantitative estimate of drug-likeness (QED) is 0.536. The number of halogens is 1. The molecule has 0 aliphatic rings. The number of hydrogen-bond donors (Lipinski definition) is 0. The minimum Gasteiger partial charge on any atom is -0.259 e. The summed E-state index contributed by atoms with van der Waals surface area (Å²) < 4.78 is 28.6. The van der Waals surface area contributed by atoms with Crippen LogP contribution in [0.15, 0.2) is 77.8 Å². The van der Waals surface area contributed by atoms with Gasteiger partial charge in [0, 0.05) is 11.2 Å². The number of pyridine rings is 1. The van der Waals surface area contributed by atoms with Crippen molar-refractivity contribution in [3.05, 3.63) is 94.8 Å². The molecule has 0 aliphatic carbocycles. The molecule has 3 rings (SSSR count). The maximum atomic E-state index is 13.5. The number of hydrogen-bond acceptors (Lipinski definition) is 4. The van der Waals surface area contributed by atoms with Crippen LogP contribution in [-0.4, -0.2) is 17.7 Å². The van der Waals surface area contributed by atoms with Crippen molar-refractivity contribution in [2.75, 3.05) is 0 Å². The van der Waals surface area contributed by atoms with Crippen molar-refractivity contribution in [2.24, 2.45) is 0 Å². The summed E-state index contributed by atoms with van der Waals surface area (Å²) in [5, 5.41) is 9.45. The molecule has 3 aromatic rings. The molecule has 7 heteroatoms. The van der Waals surface area contributed by atoms with Gasteiger partial charge in [0.25, 0.3) is 0 Å². The van der Waals surface area contributed by atoms with Crippen LogP contribution in [0.3, 0.4) is 0 Å². The van der Waals surface area contributed by atoms with Gasteiger partial charge in [0.15, 0.2) is 0 Å². The monoisotopic (exact) mass is 425 g/mol. The van der Waals surface area contributed by atoms with E-state index in [0.717, 1.165) is 5.56 Å². The van der Waals surface area contributed by atoms with E-state index in [0.29, 0.717) is 22.7 Å². The predicted octanol–water partition coefficient (Wildman–Crippen LogP) is 4.95. The van der Waals surface area contributed by atoms with Gasteiger partial charge in [0.1, 0.15) is 6.07 Å². The summed E-state index contributed by atoms with van der Waals surface area (Å²) in [6.45, 7) is 2.04. The fourth-order valence-corrected chi connectivity index (χ4v) is 4.91. The molecule has 0 saturated heterocycles. The molecular weight excluding hydrogens is 406 g/mol. The molecule has 0 N–H and O–H groups in total. The highest BCUT2D eigenvalue weighted by Gasteiger charge is 2.32. The minimum atomic E-state index is -3.82. The number of sulfonamides is 1. The summed E-state index contributed by atoms with van der Waals surface area (Å²) in [4.78, 5) is 4.44. The Morgan fingerprint density at radius 3 is 2.31 bits per heavy atom. The molecule has 0 aliphatic heterocycles. The van der Waals surface area contributed by atoms with Crippen LogP contribution >= 0.6 is 11.6 Å². The molecule has 2 aromatic carbocycles. The third-order valence-corrected chi connectivity index (χ3v) is 6.73. The summed E-state index contributed by atoms with van der Waals surface area (Å²) in [5.74, 6) is 0. The summed E-state index contributed by atoms with van der Waals surface area (Å²) >= 11 is 5.94. The van der Waals surface area contributed by atoms with Crippen LogP contribution in [0.5, 0.6) is 0 Å². The van der Waals surface area contributed by atoms with Gasteiger partial charge in [-0.25, -0.2) is 8.42 Å². The molecule has 0 radical (unpaired) electrons. The van der Waals surface area contributed by atoms with Gasteiger partial charge in [-0.3, -0.25) is 4.98 Å². The first-order chi connectivity index (χ1) is 14.0. The molecule has 5 nitrogen and oxygen atoms in total. The zero-order chi connectivity index (χ0) is 20.9. The van der Waals surface area contributed by atoms with E-state index in [9.17, 15) is 8.42 Å². The molecule has 0 amide bonds. The normalized spacial score (nSPS) is 12.5. The third kappa shape index (κ3) is 4.83. The molecule has 1 aromatic heterocycles. The first-order valence-electron chi connectivity index (χ1n) is 9.13. The van der Waals surface area contributed by atoms with Crippen molar-refractivity contribution < 1.29 is 8.42 Å². The fraction of sp³-hybridized carbons (Fsp3) is 0.182. The van der Waals surface area contributed by atoms with Gasteiger partial charge in [-0.15, -0.1) is 0 Å². The summed E-state index contributed by atoms with van der Waals surface area (Å²) in [7, 11) is -3.82. The SMILES string of the molecule is CCC(c1ccccc1)N(Cc1ccc(C#N)cn1)S(=O)(=O)c1ccc(Cl)cc1. The molecule has 0 saturated carbocycles. The maximum Gasteiger partial charge on any atom is 0.243 e. The van der Waals surface area contributed by atoms with Crippen molar-refractivity contribution >= 4 is 21.6 Å². The van der Waals surface area contributed by atoms with E-state index in [1.54, 1.807) is 24.3 Å². The lowest BCUT2D eigenvalue weighted by Gasteiger charge is -2.30. The second kappa shape index (κ2) is 9.19. The Balaban J connectivity index is 2.06. The van der Waals surface area contributed by atoms with Crippen molar-refractivity contribution in [2.45, 2.75) is 30.8 Å². The van der Waals surface area contributed by atoms with E-state index in [1.165, 1.54) is 22.6 Å². The van der Waals surface area contributed by atoms with Crippen LogP contribution in [-0.2, 0) is 16.6 Å². The zero-order valence-corrected chi connectivity index (χ0v) is 17.4. The van der Waals surface area contributed by atoms with Crippen molar-refractivity contribution in [1.29, 1.82) is 5.26 Å². The molecule has 0 fully saturated rings. The van der Waals surface area contributed by atoms with Crippen LogP contribution in [0.4, 0.5) is 0 Å². The highest BCUT2D eigenvalue weighted by Crippen LogP contribution is 2.32. The summed E-state index contributed by atoms with van der Waals surface area (Å²) in [5.41, 5.74) is 1.90. The number of benzene rings is 2. The van der Waals surface area contributed by atoms with E-state index in [1.807, 2.05) is 43.3 Å². The molecule has 0 bridgehead atoms. The highest BCUT2D eigenvalue weighted by atomic mass is 35.5. The highest BCUT2D eigenvalue weighted by molar-refractivity contribution is 7.89. The lowest BCUT2D eigenvalue weighted by atomic mass is 10.0. The molecule has 1 unspecified atom stereocenters. The Bertz CT molecular complexity index is 1090. The molecule has 29 heavy (non-hydrogen) atoms. The average Bonchev–Trinajstić information content (AvgIpc) is 2.75. The predicted molar refractivity (Wildman–Crippen MR) is 113 cm³/mol. The van der Waals surface area contributed by atoms with E-state index >= 15 is 0 Å². The molecule has 148 valence electrons. The third-order valence-electron chi connectivity index (χ3n) is 4.61. The smallest absolute Gasteiger partial charge is 0.243 e. The van der Waals surface area contributed by atoms with E-state index in [4.69, 9.17) is 16.9 Å². The summed E-state index contributed by atoms with van der Waals surface area (Å²) in [6, 6.07) is 20.7. The maximum absolute atomic E-state index is 13.5. The van der Waals surface area contributed by atoms with Gasteiger partial charge in [-0.2, -0.15) is 9.57 Å². The van der Waals surface area contributed by atoms with Gasteiger partial charge in [0.2, 0.25) is 10.0 Å². The van der Waals surface area contributed by atoms with E-state index in [2.05, 4.69) is 4.98 Å². The molecule has 1 atom stereocenters. The standard InChI is InChI=1S/C22H20ClN3O2S/c1-2-22(18-6-4-3-5-7-18)26(16-20-11-8-17(14-24)15-25-20)29(27,28)21-12-9-19(23)10-13-21/h3-13,15,22H,2,16H2,1H3. The van der Waals surface area contributed by atoms with Gasteiger partial charge in [0.05, 0.1) is 28.7 Å². The van der Waals surface area contributed by atoms with Crippen LogP contribution in [0, 0.1) is 11.3 Å². The van der Waals surface area contributed by atoms with E-state index in [-0.39, 0.29) is 17.5 Å². The number of nitriles is 1. The topological polar surface area (TPSA) is 74.1 Å². The minimum absolute atomic E-state index is 0.0874. The van der Waals surface area contributed by atoms with Crippen molar-refractivity contribution in [3.8, 4) is 6.07 Å². The Kier molecular flexibility index (Phi) is 6.65. The number of rotatable bonds is 7. The van der Waals surface area contributed by atoms with Crippen molar-refractivity contribution in [3.63, 3.8) is 0 Å². The van der Waals surface area contributed by atoms with Crippen LogP contribution < -0.4 is 0 Å². The van der Waals surface area contributed by atoms with Gasteiger partial charge < -0.3 is 0 Å². The largest absolute Gasteiger partial charge is 0.259 e. The fourth-order valence-electron chi connectivity index (χ4n) is 3.13.